The molecule has 28 heavy (non-hydrogen) atoms. The first-order chi connectivity index (χ1) is 13.6. The Morgan fingerprint density at radius 1 is 0.964 bits per heavy atom. The first kappa shape index (κ1) is 19.7. The summed E-state index contributed by atoms with van der Waals surface area (Å²) in [7, 11) is 1.62. The van der Waals surface area contributed by atoms with E-state index in [4.69, 9.17) is 14.6 Å². The summed E-state index contributed by atoms with van der Waals surface area (Å²) in [6.45, 7) is 4.05. The van der Waals surface area contributed by atoms with Crippen LogP contribution in [0.4, 0.5) is 0 Å². The molecule has 0 aromatic heterocycles. The summed E-state index contributed by atoms with van der Waals surface area (Å²) in [6, 6.07) is 13.7. The van der Waals surface area contributed by atoms with Gasteiger partial charge in [-0.1, -0.05) is 12.1 Å². The third kappa shape index (κ3) is 5.01. The lowest BCUT2D eigenvalue weighted by molar-refractivity contribution is 0.0620. The van der Waals surface area contributed by atoms with Crippen LogP contribution in [0, 0.1) is 0 Å². The van der Waals surface area contributed by atoms with Gasteiger partial charge in [0.05, 0.1) is 12.7 Å². The molecule has 1 aliphatic heterocycles. The van der Waals surface area contributed by atoms with Crippen molar-refractivity contribution in [3.8, 4) is 11.5 Å². The molecule has 7 heteroatoms. The van der Waals surface area contributed by atoms with Gasteiger partial charge in [0.15, 0.2) is 0 Å². The van der Waals surface area contributed by atoms with E-state index in [1.165, 1.54) is 12.1 Å². The summed E-state index contributed by atoms with van der Waals surface area (Å²) < 4.78 is 11.0. The molecule has 0 spiro atoms. The minimum atomic E-state index is -1.03. The first-order valence-electron chi connectivity index (χ1n) is 9.18. The maximum atomic E-state index is 12.6. The number of carboxylic acid groups (broad SMARTS) is 1. The molecule has 0 saturated carbocycles. The maximum absolute atomic E-state index is 12.6. The van der Waals surface area contributed by atoms with E-state index in [2.05, 4.69) is 4.90 Å². The zero-order valence-electron chi connectivity index (χ0n) is 15.8. The quantitative estimate of drug-likeness (QED) is 0.789. The second-order valence-corrected chi connectivity index (χ2v) is 6.55. The van der Waals surface area contributed by atoms with E-state index in [0.717, 1.165) is 31.1 Å². The number of carbonyl (C=O) groups is 2. The predicted molar refractivity (Wildman–Crippen MR) is 104 cm³/mol. The zero-order valence-corrected chi connectivity index (χ0v) is 15.8. The number of benzene rings is 2. The molecule has 2 aromatic carbocycles. The van der Waals surface area contributed by atoms with Crippen molar-refractivity contribution in [2.75, 3.05) is 46.4 Å². The molecule has 0 bridgehead atoms. The van der Waals surface area contributed by atoms with Crippen LogP contribution in [0.15, 0.2) is 48.5 Å². The molecule has 1 fully saturated rings. The minimum Gasteiger partial charge on any atom is -0.497 e. The molecule has 0 radical (unpaired) electrons. The molecule has 1 heterocycles. The van der Waals surface area contributed by atoms with Crippen LogP contribution < -0.4 is 9.47 Å². The van der Waals surface area contributed by atoms with Gasteiger partial charge < -0.3 is 19.5 Å². The molecular weight excluding hydrogens is 360 g/mol. The van der Waals surface area contributed by atoms with E-state index in [0.29, 0.717) is 25.3 Å². The first-order valence-corrected chi connectivity index (χ1v) is 9.18. The number of hydrogen-bond donors (Lipinski definition) is 1. The molecule has 1 aliphatic rings. The second-order valence-electron chi connectivity index (χ2n) is 6.55. The number of carbonyl (C=O) groups excluding carboxylic acids is 1. The second kappa shape index (κ2) is 9.23. The fraction of sp³-hybridized carbons (Fsp3) is 0.333. The molecule has 2 aromatic rings. The average molecular weight is 384 g/mol. The van der Waals surface area contributed by atoms with Crippen LogP contribution in [-0.4, -0.2) is 73.2 Å². The lowest BCUT2D eigenvalue weighted by atomic mass is 10.1. The largest absolute Gasteiger partial charge is 0.497 e. The van der Waals surface area contributed by atoms with Crippen molar-refractivity contribution in [2.24, 2.45) is 0 Å². The number of nitrogens with zero attached hydrogens (tertiary/aromatic N) is 2. The van der Waals surface area contributed by atoms with Crippen LogP contribution in [0.3, 0.4) is 0 Å². The highest BCUT2D eigenvalue weighted by atomic mass is 16.5. The molecule has 1 N–H and O–H groups in total. The summed E-state index contributed by atoms with van der Waals surface area (Å²) in [5.74, 6) is 0.369. The van der Waals surface area contributed by atoms with Gasteiger partial charge in [0.1, 0.15) is 18.1 Å². The highest BCUT2D eigenvalue weighted by Crippen LogP contribution is 2.19. The Hall–Kier alpha value is -3.06. The summed E-state index contributed by atoms with van der Waals surface area (Å²) in [4.78, 5) is 27.7. The van der Waals surface area contributed by atoms with Crippen molar-refractivity contribution < 1.29 is 24.2 Å². The lowest BCUT2D eigenvalue weighted by Crippen LogP contribution is -2.49. The van der Waals surface area contributed by atoms with E-state index in [1.807, 2.05) is 24.3 Å². The number of piperazine rings is 1. The highest BCUT2D eigenvalue weighted by Gasteiger charge is 2.22. The summed E-state index contributed by atoms with van der Waals surface area (Å²) in [5.41, 5.74) is 0.536. The zero-order chi connectivity index (χ0) is 19.9. The Morgan fingerprint density at radius 2 is 1.64 bits per heavy atom. The Labute approximate surface area is 164 Å². The van der Waals surface area contributed by atoms with Crippen molar-refractivity contribution in [1.82, 2.24) is 9.80 Å². The molecule has 0 unspecified atom stereocenters. The Balaban J connectivity index is 1.45. The van der Waals surface area contributed by atoms with Gasteiger partial charge in [-0.3, -0.25) is 9.69 Å². The van der Waals surface area contributed by atoms with E-state index < -0.39 is 5.97 Å². The number of ether oxygens (including phenoxy) is 2. The van der Waals surface area contributed by atoms with E-state index in [-0.39, 0.29) is 11.5 Å². The topological polar surface area (TPSA) is 79.3 Å². The maximum Gasteiger partial charge on any atom is 0.335 e. The summed E-state index contributed by atoms with van der Waals surface area (Å²) in [6.07, 6.45) is 0. The van der Waals surface area contributed by atoms with Crippen LogP contribution >= 0.6 is 0 Å². The van der Waals surface area contributed by atoms with Crippen molar-refractivity contribution in [1.29, 1.82) is 0 Å². The normalized spacial score (nSPS) is 14.5. The van der Waals surface area contributed by atoms with E-state index in [1.54, 1.807) is 24.1 Å². The van der Waals surface area contributed by atoms with Crippen molar-refractivity contribution >= 4 is 11.9 Å². The van der Waals surface area contributed by atoms with Gasteiger partial charge in [0, 0.05) is 44.4 Å². The van der Waals surface area contributed by atoms with Crippen LogP contribution in [0.5, 0.6) is 11.5 Å². The molecule has 0 atom stereocenters. The van der Waals surface area contributed by atoms with Crippen LogP contribution in [0.25, 0.3) is 0 Å². The fourth-order valence-electron chi connectivity index (χ4n) is 3.13. The fourth-order valence-corrected chi connectivity index (χ4v) is 3.13. The number of methoxy groups -OCH3 is 1. The SMILES string of the molecule is COc1cccc(OCCN2CCN(C(=O)c3cccc(C(=O)O)c3)CC2)c1. The number of amides is 1. The van der Waals surface area contributed by atoms with Crippen molar-refractivity contribution in [3.05, 3.63) is 59.7 Å². The molecule has 3 rings (SSSR count). The smallest absolute Gasteiger partial charge is 0.335 e. The monoisotopic (exact) mass is 384 g/mol. The van der Waals surface area contributed by atoms with Gasteiger partial charge in [-0.05, 0) is 30.3 Å². The minimum absolute atomic E-state index is 0.124. The molecule has 1 saturated heterocycles. The lowest BCUT2D eigenvalue weighted by Gasteiger charge is -2.34. The Bertz CT molecular complexity index is 831. The third-order valence-corrected chi connectivity index (χ3v) is 4.73. The summed E-state index contributed by atoms with van der Waals surface area (Å²) >= 11 is 0. The molecule has 1 amide bonds. The molecular formula is C21H24N2O5. The van der Waals surface area contributed by atoms with Crippen molar-refractivity contribution in [3.63, 3.8) is 0 Å². The van der Waals surface area contributed by atoms with Gasteiger partial charge in [-0.25, -0.2) is 4.79 Å². The standard InChI is InChI=1S/C21H24N2O5/c1-27-18-6-3-7-19(15-18)28-13-12-22-8-10-23(11-9-22)20(24)16-4-2-5-17(14-16)21(25)26/h2-7,14-15H,8-13H2,1H3,(H,25,26). The van der Waals surface area contributed by atoms with Gasteiger partial charge in [-0.2, -0.15) is 0 Å². The molecule has 0 aliphatic carbocycles. The average Bonchev–Trinajstić information content (AvgIpc) is 2.74. The Morgan fingerprint density at radius 3 is 2.36 bits per heavy atom. The van der Waals surface area contributed by atoms with Gasteiger partial charge in [-0.15, -0.1) is 0 Å². The number of carboxylic acids is 1. The van der Waals surface area contributed by atoms with Crippen LogP contribution in [0.1, 0.15) is 20.7 Å². The van der Waals surface area contributed by atoms with E-state index >= 15 is 0 Å². The number of hydrogen-bond acceptors (Lipinski definition) is 5. The Kier molecular flexibility index (Phi) is 6.49. The number of aromatic carboxylic acids is 1. The number of rotatable bonds is 7. The van der Waals surface area contributed by atoms with Gasteiger partial charge in [0.2, 0.25) is 0 Å². The van der Waals surface area contributed by atoms with E-state index in [9.17, 15) is 9.59 Å². The third-order valence-electron chi connectivity index (χ3n) is 4.73. The van der Waals surface area contributed by atoms with Crippen LogP contribution in [-0.2, 0) is 0 Å². The van der Waals surface area contributed by atoms with Gasteiger partial charge in [0.25, 0.3) is 5.91 Å². The molecule has 148 valence electrons. The van der Waals surface area contributed by atoms with Crippen LogP contribution in [0.2, 0.25) is 0 Å². The molecule has 7 nitrogen and oxygen atoms in total. The van der Waals surface area contributed by atoms with Crippen molar-refractivity contribution in [2.45, 2.75) is 0 Å². The van der Waals surface area contributed by atoms with Gasteiger partial charge >= 0.3 is 5.97 Å². The highest BCUT2D eigenvalue weighted by molar-refractivity contribution is 5.97. The predicted octanol–water partition coefficient (Wildman–Crippen LogP) is 2.23. The summed E-state index contributed by atoms with van der Waals surface area (Å²) in [5, 5.41) is 9.08.